The Morgan fingerprint density at radius 3 is 2.31 bits per heavy atom. The van der Waals surface area contributed by atoms with Gasteiger partial charge < -0.3 is 10.4 Å². The molecule has 0 aliphatic heterocycles. The van der Waals surface area contributed by atoms with Crippen LogP contribution in [0, 0.1) is 19.8 Å². The van der Waals surface area contributed by atoms with Gasteiger partial charge in [-0.1, -0.05) is 19.1 Å². The summed E-state index contributed by atoms with van der Waals surface area (Å²) in [4.78, 5) is 0. The van der Waals surface area contributed by atoms with Crippen LogP contribution >= 0.6 is 0 Å². The second-order valence-electron chi connectivity index (χ2n) is 5.23. The van der Waals surface area contributed by atoms with Crippen LogP contribution in [0.5, 0.6) is 5.75 Å². The minimum atomic E-state index is 0.431. The molecule has 0 aromatic heterocycles. The molecule has 0 amide bonds. The van der Waals surface area contributed by atoms with Crippen LogP contribution in [-0.2, 0) is 6.54 Å². The molecule has 2 rings (SSSR count). The van der Waals surface area contributed by atoms with Crippen molar-refractivity contribution in [2.24, 2.45) is 5.92 Å². The maximum atomic E-state index is 9.68. The summed E-state index contributed by atoms with van der Waals surface area (Å²) in [6.07, 6.45) is 2.60. The van der Waals surface area contributed by atoms with E-state index in [0.717, 1.165) is 23.6 Å². The zero-order chi connectivity index (χ0) is 11.7. The molecule has 1 aliphatic rings. The topological polar surface area (TPSA) is 32.3 Å². The van der Waals surface area contributed by atoms with Gasteiger partial charge in [-0.2, -0.15) is 0 Å². The lowest BCUT2D eigenvalue weighted by Crippen LogP contribution is -2.39. The standard InChI is InChI=1S/C14H21NO/c1-9-4-13(5-9)15-8-12-6-10(2)14(16)11(3)7-12/h6-7,9,13,15-16H,4-5,8H2,1-3H3. The first-order valence-electron chi connectivity index (χ1n) is 6.08. The van der Waals surface area contributed by atoms with E-state index in [9.17, 15) is 5.11 Å². The van der Waals surface area contributed by atoms with Crippen LogP contribution in [0.25, 0.3) is 0 Å². The maximum Gasteiger partial charge on any atom is 0.121 e. The summed E-state index contributed by atoms with van der Waals surface area (Å²) in [6.45, 7) is 7.13. The fraction of sp³-hybridized carbons (Fsp3) is 0.571. The van der Waals surface area contributed by atoms with Gasteiger partial charge in [0.1, 0.15) is 5.75 Å². The summed E-state index contributed by atoms with van der Waals surface area (Å²) in [7, 11) is 0. The molecule has 0 atom stereocenters. The number of benzene rings is 1. The van der Waals surface area contributed by atoms with Gasteiger partial charge in [-0.05, 0) is 49.3 Å². The normalized spacial score (nSPS) is 24.2. The molecule has 0 unspecified atom stereocenters. The highest BCUT2D eigenvalue weighted by Crippen LogP contribution is 2.27. The van der Waals surface area contributed by atoms with Gasteiger partial charge in [-0.15, -0.1) is 0 Å². The van der Waals surface area contributed by atoms with Gasteiger partial charge in [0.05, 0.1) is 0 Å². The number of nitrogens with one attached hydrogen (secondary N) is 1. The third-order valence-corrected chi connectivity index (χ3v) is 3.52. The third kappa shape index (κ3) is 2.38. The van der Waals surface area contributed by atoms with Gasteiger partial charge in [-0.25, -0.2) is 0 Å². The second-order valence-corrected chi connectivity index (χ2v) is 5.23. The van der Waals surface area contributed by atoms with Crippen LogP contribution in [0.3, 0.4) is 0 Å². The lowest BCUT2D eigenvalue weighted by atomic mass is 9.82. The summed E-state index contributed by atoms with van der Waals surface area (Å²) < 4.78 is 0. The highest BCUT2D eigenvalue weighted by atomic mass is 16.3. The quantitative estimate of drug-likeness (QED) is 0.819. The molecule has 1 saturated carbocycles. The van der Waals surface area contributed by atoms with Crippen LogP contribution in [-0.4, -0.2) is 11.1 Å². The second kappa shape index (κ2) is 4.46. The Morgan fingerprint density at radius 2 is 1.81 bits per heavy atom. The van der Waals surface area contributed by atoms with E-state index in [1.807, 2.05) is 13.8 Å². The highest BCUT2D eigenvalue weighted by molar-refractivity contribution is 5.42. The Balaban J connectivity index is 1.94. The highest BCUT2D eigenvalue weighted by Gasteiger charge is 2.24. The number of hydrogen-bond donors (Lipinski definition) is 2. The lowest BCUT2D eigenvalue weighted by molar-refractivity contribution is 0.240. The van der Waals surface area contributed by atoms with E-state index >= 15 is 0 Å². The Morgan fingerprint density at radius 1 is 1.25 bits per heavy atom. The molecule has 16 heavy (non-hydrogen) atoms. The first kappa shape index (κ1) is 11.5. The molecule has 1 aromatic carbocycles. The molecule has 88 valence electrons. The Bertz CT molecular complexity index is 357. The minimum absolute atomic E-state index is 0.431. The lowest BCUT2D eigenvalue weighted by Gasteiger charge is -2.33. The molecule has 1 aliphatic carbocycles. The van der Waals surface area contributed by atoms with E-state index in [-0.39, 0.29) is 0 Å². The number of phenols is 1. The monoisotopic (exact) mass is 219 g/mol. The largest absolute Gasteiger partial charge is 0.507 e. The Hall–Kier alpha value is -1.02. The van der Waals surface area contributed by atoms with Crippen molar-refractivity contribution in [3.63, 3.8) is 0 Å². The molecule has 0 heterocycles. The minimum Gasteiger partial charge on any atom is -0.507 e. The molecular weight excluding hydrogens is 198 g/mol. The molecule has 2 N–H and O–H groups in total. The SMILES string of the molecule is Cc1cc(CNC2CC(C)C2)cc(C)c1O. The zero-order valence-electron chi connectivity index (χ0n) is 10.4. The van der Waals surface area contributed by atoms with Crippen molar-refractivity contribution in [3.8, 4) is 5.75 Å². The Labute approximate surface area is 97.7 Å². The number of rotatable bonds is 3. The molecule has 0 radical (unpaired) electrons. The summed E-state index contributed by atoms with van der Waals surface area (Å²) in [5, 5.41) is 13.2. The predicted molar refractivity (Wildman–Crippen MR) is 66.6 cm³/mol. The molecule has 1 fully saturated rings. The molecule has 0 bridgehead atoms. The van der Waals surface area contributed by atoms with Crippen molar-refractivity contribution in [2.75, 3.05) is 0 Å². The van der Waals surface area contributed by atoms with Gasteiger partial charge in [0.15, 0.2) is 0 Å². The summed E-state index contributed by atoms with van der Waals surface area (Å²) in [5.41, 5.74) is 3.21. The maximum absolute atomic E-state index is 9.68. The first-order chi connectivity index (χ1) is 7.56. The molecular formula is C14H21NO. The summed E-state index contributed by atoms with van der Waals surface area (Å²) in [5.74, 6) is 1.32. The molecule has 2 heteroatoms. The van der Waals surface area contributed by atoms with E-state index < -0.39 is 0 Å². The van der Waals surface area contributed by atoms with Crippen molar-refractivity contribution in [3.05, 3.63) is 28.8 Å². The van der Waals surface area contributed by atoms with Crippen molar-refractivity contribution in [2.45, 2.75) is 46.2 Å². The van der Waals surface area contributed by atoms with E-state index in [0.29, 0.717) is 11.8 Å². The third-order valence-electron chi connectivity index (χ3n) is 3.52. The number of phenolic OH excluding ortho intramolecular Hbond substituents is 1. The van der Waals surface area contributed by atoms with Gasteiger partial charge in [-0.3, -0.25) is 0 Å². The molecule has 2 nitrogen and oxygen atoms in total. The van der Waals surface area contributed by atoms with Crippen molar-refractivity contribution in [1.82, 2.24) is 5.32 Å². The van der Waals surface area contributed by atoms with E-state index in [4.69, 9.17) is 0 Å². The van der Waals surface area contributed by atoms with Crippen molar-refractivity contribution >= 4 is 0 Å². The fourth-order valence-corrected chi connectivity index (χ4v) is 2.48. The first-order valence-corrected chi connectivity index (χ1v) is 6.08. The van der Waals surface area contributed by atoms with Gasteiger partial charge >= 0.3 is 0 Å². The van der Waals surface area contributed by atoms with Gasteiger partial charge in [0, 0.05) is 12.6 Å². The smallest absolute Gasteiger partial charge is 0.121 e. The van der Waals surface area contributed by atoms with E-state index in [1.165, 1.54) is 18.4 Å². The van der Waals surface area contributed by atoms with Gasteiger partial charge in [0.25, 0.3) is 0 Å². The van der Waals surface area contributed by atoms with Crippen LogP contribution in [0.4, 0.5) is 0 Å². The summed E-state index contributed by atoms with van der Waals surface area (Å²) >= 11 is 0. The average Bonchev–Trinajstić information content (AvgIpc) is 2.19. The van der Waals surface area contributed by atoms with Crippen LogP contribution < -0.4 is 5.32 Å². The number of hydrogen-bond acceptors (Lipinski definition) is 2. The zero-order valence-corrected chi connectivity index (χ0v) is 10.4. The summed E-state index contributed by atoms with van der Waals surface area (Å²) in [6, 6.07) is 4.83. The molecule has 0 saturated heterocycles. The van der Waals surface area contributed by atoms with Crippen molar-refractivity contribution < 1.29 is 5.11 Å². The number of aromatic hydroxyl groups is 1. The Kier molecular flexibility index (Phi) is 3.20. The van der Waals surface area contributed by atoms with Crippen LogP contribution in [0.15, 0.2) is 12.1 Å². The van der Waals surface area contributed by atoms with Crippen molar-refractivity contribution in [1.29, 1.82) is 0 Å². The average molecular weight is 219 g/mol. The molecule has 1 aromatic rings. The van der Waals surface area contributed by atoms with E-state index in [2.05, 4.69) is 24.4 Å². The van der Waals surface area contributed by atoms with Crippen LogP contribution in [0.2, 0.25) is 0 Å². The fourth-order valence-electron chi connectivity index (χ4n) is 2.48. The van der Waals surface area contributed by atoms with Gasteiger partial charge in [0.2, 0.25) is 0 Å². The molecule has 0 spiro atoms. The van der Waals surface area contributed by atoms with Crippen LogP contribution in [0.1, 0.15) is 36.5 Å². The van der Waals surface area contributed by atoms with E-state index in [1.54, 1.807) is 0 Å². The predicted octanol–water partition coefficient (Wildman–Crippen LogP) is 2.90. The number of aryl methyl sites for hydroxylation is 2.